The van der Waals surface area contributed by atoms with Gasteiger partial charge in [0.05, 0.1) is 28.4 Å². The van der Waals surface area contributed by atoms with Gasteiger partial charge in [0.15, 0.2) is 23.0 Å². The molecule has 5 rings (SSSR count). The van der Waals surface area contributed by atoms with Gasteiger partial charge in [-0.3, -0.25) is 0 Å². The Labute approximate surface area is 206 Å². The van der Waals surface area contributed by atoms with Gasteiger partial charge in [-0.1, -0.05) is 0 Å². The van der Waals surface area contributed by atoms with Gasteiger partial charge < -0.3 is 30.4 Å². The Hall–Kier alpha value is -4.86. The van der Waals surface area contributed by atoms with E-state index >= 15 is 0 Å². The lowest BCUT2D eigenvalue weighted by atomic mass is 9.86. The molecule has 3 aromatic carbocycles. The van der Waals surface area contributed by atoms with Gasteiger partial charge in [-0.15, -0.1) is 0 Å². The first-order valence-electron chi connectivity index (χ1n) is 10.9. The van der Waals surface area contributed by atoms with Crippen molar-refractivity contribution in [1.29, 1.82) is 0 Å². The third-order valence-electron chi connectivity index (χ3n) is 6.05. The number of ether oxygens (including phenoxy) is 4. The zero-order valence-electron chi connectivity index (χ0n) is 20.2. The topological polar surface area (TPSA) is 141 Å². The number of fused-ring (bicyclic) bond motifs is 2. The molecule has 0 saturated heterocycles. The molecule has 0 amide bonds. The highest BCUT2D eigenvalue weighted by Crippen LogP contribution is 2.49. The van der Waals surface area contributed by atoms with Crippen LogP contribution in [-0.2, 0) is 0 Å². The largest absolute Gasteiger partial charge is 0.493 e. The quantitative estimate of drug-likeness (QED) is 0.338. The minimum Gasteiger partial charge on any atom is -0.493 e. The van der Waals surface area contributed by atoms with Gasteiger partial charge in [0.2, 0.25) is 11.9 Å². The monoisotopic (exact) mass is 484 g/mol. The van der Waals surface area contributed by atoms with Crippen molar-refractivity contribution in [3.63, 3.8) is 0 Å². The summed E-state index contributed by atoms with van der Waals surface area (Å²) in [5.74, 6) is 2.65. The van der Waals surface area contributed by atoms with E-state index in [1.807, 2.05) is 24.3 Å². The van der Waals surface area contributed by atoms with Crippen LogP contribution in [0.25, 0.3) is 43.8 Å². The SMILES string of the molecule is COc1cc2c(-c3cnc(N)nc3)c3cc(OC)c(OC)cc3c(-c3cnc(N)nc3)c2cc1OC. The van der Waals surface area contributed by atoms with Gasteiger partial charge in [-0.2, -0.15) is 0 Å². The van der Waals surface area contributed by atoms with Crippen molar-refractivity contribution >= 4 is 33.4 Å². The molecule has 2 heterocycles. The molecule has 36 heavy (non-hydrogen) atoms. The number of benzene rings is 3. The molecular weight excluding hydrogens is 460 g/mol. The predicted octanol–water partition coefficient (Wildman–Crippen LogP) is 4.11. The highest BCUT2D eigenvalue weighted by molar-refractivity contribution is 6.22. The van der Waals surface area contributed by atoms with Crippen LogP contribution < -0.4 is 30.4 Å². The molecular formula is C26H24N6O4. The summed E-state index contributed by atoms with van der Waals surface area (Å²) >= 11 is 0. The second-order valence-corrected chi connectivity index (χ2v) is 7.92. The Balaban J connectivity index is 2.06. The van der Waals surface area contributed by atoms with Gasteiger partial charge in [0.1, 0.15) is 0 Å². The number of rotatable bonds is 6. The third kappa shape index (κ3) is 3.68. The summed E-state index contributed by atoms with van der Waals surface area (Å²) < 4.78 is 22.6. The normalized spacial score (nSPS) is 11.0. The summed E-state index contributed by atoms with van der Waals surface area (Å²) in [5, 5.41) is 3.47. The third-order valence-corrected chi connectivity index (χ3v) is 6.05. The van der Waals surface area contributed by atoms with Crippen LogP contribution in [0.3, 0.4) is 0 Å². The van der Waals surface area contributed by atoms with Crippen LogP contribution in [0.1, 0.15) is 0 Å². The molecule has 182 valence electrons. The Kier molecular flexibility index (Phi) is 5.77. The first-order valence-corrected chi connectivity index (χ1v) is 10.9. The molecule has 0 aliphatic rings. The van der Waals surface area contributed by atoms with E-state index in [4.69, 9.17) is 30.4 Å². The number of nitrogens with zero attached hydrogens (tertiary/aromatic N) is 4. The number of nitrogen functional groups attached to an aromatic ring is 2. The maximum atomic E-state index is 5.79. The first kappa shape index (κ1) is 22.9. The Bertz CT molecular complexity index is 1400. The molecule has 0 aliphatic heterocycles. The lowest BCUT2D eigenvalue weighted by Gasteiger charge is -2.20. The summed E-state index contributed by atoms with van der Waals surface area (Å²) in [6.45, 7) is 0. The molecule has 0 radical (unpaired) electrons. The van der Waals surface area contributed by atoms with E-state index in [0.717, 1.165) is 43.8 Å². The van der Waals surface area contributed by atoms with Crippen molar-refractivity contribution in [3.8, 4) is 45.3 Å². The summed E-state index contributed by atoms with van der Waals surface area (Å²) in [5.41, 5.74) is 14.8. The minimum atomic E-state index is 0.182. The van der Waals surface area contributed by atoms with Gasteiger partial charge in [-0.05, 0) is 45.8 Å². The average molecular weight is 485 g/mol. The number of aromatic nitrogens is 4. The van der Waals surface area contributed by atoms with Gasteiger partial charge in [0, 0.05) is 47.0 Å². The van der Waals surface area contributed by atoms with E-state index in [1.165, 1.54) is 0 Å². The zero-order valence-corrected chi connectivity index (χ0v) is 20.2. The van der Waals surface area contributed by atoms with Crippen LogP contribution in [0, 0.1) is 0 Å². The second kappa shape index (κ2) is 9.06. The summed E-state index contributed by atoms with van der Waals surface area (Å²) in [7, 11) is 6.39. The van der Waals surface area contributed by atoms with E-state index in [1.54, 1.807) is 53.2 Å². The molecule has 0 atom stereocenters. The first-order chi connectivity index (χ1) is 17.5. The Morgan fingerprint density at radius 1 is 0.472 bits per heavy atom. The fourth-order valence-electron chi connectivity index (χ4n) is 4.43. The molecule has 0 unspecified atom stereocenters. The van der Waals surface area contributed by atoms with Crippen LogP contribution in [-0.4, -0.2) is 48.4 Å². The molecule has 0 bridgehead atoms. The van der Waals surface area contributed by atoms with Crippen molar-refractivity contribution in [1.82, 2.24) is 19.9 Å². The van der Waals surface area contributed by atoms with E-state index in [-0.39, 0.29) is 11.9 Å². The summed E-state index contributed by atoms with van der Waals surface area (Å²) in [6.07, 6.45) is 6.76. The van der Waals surface area contributed by atoms with Crippen molar-refractivity contribution in [2.75, 3.05) is 39.9 Å². The van der Waals surface area contributed by atoms with Crippen LogP contribution >= 0.6 is 0 Å². The van der Waals surface area contributed by atoms with E-state index in [9.17, 15) is 0 Å². The zero-order chi connectivity index (χ0) is 25.4. The summed E-state index contributed by atoms with van der Waals surface area (Å²) in [6, 6.07) is 7.71. The van der Waals surface area contributed by atoms with Crippen LogP contribution in [0.4, 0.5) is 11.9 Å². The molecule has 5 aromatic rings. The molecule has 2 aromatic heterocycles. The Morgan fingerprint density at radius 2 is 0.722 bits per heavy atom. The predicted molar refractivity (Wildman–Crippen MR) is 139 cm³/mol. The standard InChI is InChI=1S/C26H24N6O4/c1-33-19-5-15-16(6-20(19)34-2)24(14-11-31-26(28)32-12-14)18-8-22(36-4)21(35-3)7-17(18)23(15)13-9-29-25(27)30-10-13/h5-12H,1-4H3,(H2,27,29,30)(H2,28,31,32). The van der Waals surface area contributed by atoms with E-state index < -0.39 is 0 Å². The van der Waals surface area contributed by atoms with Gasteiger partial charge in [0.25, 0.3) is 0 Å². The number of anilines is 2. The van der Waals surface area contributed by atoms with Crippen molar-refractivity contribution in [2.45, 2.75) is 0 Å². The maximum Gasteiger partial charge on any atom is 0.219 e. The fourth-order valence-corrected chi connectivity index (χ4v) is 4.43. The van der Waals surface area contributed by atoms with Crippen LogP contribution in [0.5, 0.6) is 23.0 Å². The minimum absolute atomic E-state index is 0.182. The van der Waals surface area contributed by atoms with Crippen LogP contribution in [0.2, 0.25) is 0 Å². The number of nitrogens with two attached hydrogens (primary N) is 2. The lowest BCUT2D eigenvalue weighted by molar-refractivity contribution is 0.355. The van der Waals surface area contributed by atoms with E-state index in [2.05, 4.69) is 19.9 Å². The van der Waals surface area contributed by atoms with Crippen molar-refractivity contribution in [2.24, 2.45) is 0 Å². The smallest absolute Gasteiger partial charge is 0.219 e. The van der Waals surface area contributed by atoms with Crippen LogP contribution in [0.15, 0.2) is 49.1 Å². The molecule has 10 nitrogen and oxygen atoms in total. The van der Waals surface area contributed by atoms with Crippen molar-refractivity contribution in [3.05, 3.63) is 49.1 Å². The van der Waals surface area contributed by atoms with Gasteiger partial charge >= 0.3 is 0 Å². The number of methoxy groups -OCH3 is 4. The maximum absolute atomic E-state index is 5.79. The lowest BCUT2D eigenvalue weighted by Crippen LogP contribution is -1.99. The van der Waals surface area contributed by atoms with E-state index in [0.29, 0.717) is 23.0 Å². The molecule has 0 fully saturated rings. The summed E-state index contributed by atoms with van der Waals surface area (Å²) in [4.78, 5) is 16.9. The number of hydrogen-bond donors (Lipinski definition) is 2. The molecule has 0 spiro atoms. The second-order valence-electron chi connectivity index (χ2n) is 7.92. The average Bonchev–Trinajstić information content (AvgIpc) is 2.91. The fraction of sp³-hybridized carbons (Fsp3) is 0.154. The molecule has 4 N–H and O–H groups in total. The molecule has 0 saturated carbocycles. The molecule has 10 heteroatoms. The number of hydrogen-bond acceptors (Lipinski definition) is 10. The highest BCUT2D eigenvalue weighted by Gasteiger charge is 2.22. The highest BCUT2D eigenvalue weighted by atomic mass is 16.5. The van der Waals surface area contributed by atoms with Crippen molar-refractivity contribution < 1.29 is 18.9 Å². The molecule has 0 aliphatic carbocycles. The van der Waals surface area contributed by atoms with Gasteiger partial charge in [-0.25, -0.2) is 19.9 Å². The Morgan fingerprint density at radius 3 is 0.944 bits per heavy atom.